The van der Waals surface area contributed by atoms with Crippen molar-refractivity contribution in [3.05, 3.63) is 72.4 Å². The van der Waals surface area contributed by atoms with Crippen molar-refractivity contribution in [2.45, 2.75) is 0 Å². The van der Waals surface area contributed by atoms with Gasteiger partial charge in [-0.25, -0.2) is 9.97 Å². The first-order valence-corrected chi connectivity index (χ1v) is 8.96. The topological polar surface area (TPSA) is 66.9 Å². The molecule has 4 rings (SSSR count). The molecule has 4 aromatic rings. The highest BCUT2D eigenvalue weighted by Gasteiger charge is 2.10. The second-order valence-corrected chi connectivity index (χ2v) is 6.74. The molecule has 2 heterocycles. The van der Waals surface area contributed by atoms with Crippen molar-refractivity contribution in [3.8, 4) is 10.6 Å². The molecule has 0 unspecified atom stereocenters. The minimum Gasteiger partial charge on any atom is -0.388 e. The van der Waals surface area contributed by atoms with Crippen molar-refractivity contribution in [1.29, 1.82) is 0 Å². The minimum atomic E-state index is -0.148. The Morgan fingerprint density at radius 3 is 2.69 bits per heavy atom. The standard InChI is InChI=1S/C20H16N4OS/c1-21-15-7-2-5-13(11-15)19(25)23-16-8-3-6-14(12-16)20-24-18-17(26-20)9-4-10-22-18/h2-12,21H,1H3,(H,23,25). The smallest absolute Gasteiger partial charge is 0.255 e. The number of fused-ring (bicyclic) bond motifs is 1. The molecule has 0 bridgehead atoms. The van der Waals surface area contributed by atoms with Gasteiger partial charge in [0.25, 0.3) is 5.91 Å². The number of hydrogen-bond donors (Lipinski definition) is 2. The molecule has 0 atom stereocenters. The van der Waals surface area contributed by atoms with E-state index >= 15 is 0 Å². The second kappa shape index (κ2) is 6.93. The van der Waals surface area contributed by atoms with Crippen LogP contribution in [-0.4, -0.2) is 22.9 Å². The number of pyridine rings is 1. The van der Waals surface area contributed by atoms with Gasteiger partial charge in [0.1, 0.15) is 5.01 Å². The first-order valence-electron chi connectivity index (χ1n) is 8.14. The van der Waals surface area contributed by atoms with Crippen LogP contribution in [0.2, 0.25) is 0 Å². The van der Waals surface area contributed by atoms with E-state index in [-0.39, 0.29) is 5.91 Å². The Kier molecular flexibility index (Phi) is 4.33. The average Bonchev–Trinajstić information content (AvgIpc) is 3.12. The Morgan fingerprint density at radius 2 is 1.85 bits per heavy atom. The minimum absolute atomic E-state index is 0.148. The van der Waals surface area contributed by atoms with Gasteiger partial charge in [-0.3, -0.25) is 4.79 Å². The van der Waals surface area contributed by atoms with Crippen molar-refractivity contribution in [2.24, 2.45) is 0 Å². The van der Waals surface area contributed by atoms with Gasteiger partial charge in [-0.2, -0.15) is 0 Å². The molecule has 0 saturated carbocycles. The van der Waals surface area contributed by atoms with Crippen LogP contribution in [0.5, 0.6) is 0 Å². The summed E-state index contributed by atoms with van der Waals surface area (Å²) in [5.74, 6) is -0.148. The molecule has 1 amide bonds. The van der Waals surface area contributed by atoms with Crippen LogP contribution in [0.3, 0.4) is 0 Å². The normalized spacial score (nSPS) is 10.7. The van der Waals surface area contributed by atoms with Crippen LogP contribution < -0.4 is 10.6 Å². The average molecular weight is 360 g/mol. The summed E-state index contributed by atoms with van der Waals surface area (Å²) in [7, 11) is 1.83. The molecule has 0 aliphatic rings. The molecule has 26 heavy (non-hydrogen) atoms. The fraction of sp³-hybridized carbons (Fsp3) is 0.0500. The van der Waals surface area contributed by atoms with Crippen molar-refractivity contribution < 1.29 is 4.79 Å². The summed E-state index contributed by atoms with van der Waals surface area (Å²) < 4.78 is 1.04. The van der Waals surface area contributed by atoms with Gasteiger partial charge in [-0.15, -0.1) is 11.3 Å². The molecule has 0 saturated heterocycles. The summed E-state index contributed by atoms with van der Waals surface area (Å²) in [6.45, 7) is 0. The summed E-state index contributed by atoms with van der Waals surface area (Å²) in [6, 6.07) is 19.0. The van der Waals surface area contributed by atoms with E-state index in [1.54, 1.807) is 23.6 Å². The number of nitrogens with zero attached hydrogens (tertiary/aromatic N) is 2. The van der Waals surface area contributed by atoms with E-state index in [0.717, 1.165) is 32.3 Å². The van der Waals surface area contributed by atoms with Gasteiger partial charge in [-0.05, 0) is 42.5 Å². The molecule has 6 heteroatoms. The summed E-state index contributed by atoms with van der Waals surface area (Å²) in [5.41, 5.74) is 3.93. The Bertz CT molecular complexity index is 1060. The van der Waals surface area contributed by atoms with E-state index < -0.39 is 0 Å². The fourth-order valence-corrected chi connectivity index (χ4v) is 3.56. The first-order chi connectivity index (χ1) is 12.7. The lowest BCUT2D eigenvalue weighted by Crippen LogP contribution is -2.12. The van der Waals surface area contributed by atoms with Crippen LogP contribution in [-0.2, 0) is 0 Å². The van der Waals surface area contributed by atoms with Crippen LogP contribution in [0, 0.1) is 0 Å². The number of carbonyl (C=O) groups excluding carboxylic acids is 1. The van der Waals surface area contributed by atoms with Gasteiger partial charge in [0.2, 0.25) is 0 Å². The van der Waals surface area contributed by atoms with Gasteiger partial charge >= 0.3 is 0 Å². The van der Waals surface area contributed by atoms with Crippen LogP contribution in [0.15, 0.2) is 66.9 Å². The molecule has 0 aliphatic heterocycles. The third-order valence-corrected chi connectivity index (χ3v) is 5.00. The van der Waals surface area contributed by atoms with Crippen molar-refractivity contribution in [3.63, 3.8) is 0 Å². The summed E-state index contributed by atoms with van der Waals surface area (Å²) in [5, 5.41) is 6.87. The maximum absolute atomic E-state index is 12.5. The van der Waals surface area contributed by atoms with E-state index in [0.29, 0.717) is 5.56 Å². The number of benzene rings is 2. The summed E-state index contributed by atoms with van der Waals surface area (Å²) >= 11 is 1.58. The van der Waals surface area contributed by atoms with Crippen molar-refractivity contribution in [2.75, 3.05) is 17.7 Å². The molecule has 2 aromatic carbocycles. The van der Waals surface area contributed by atoms with Crippen LogP contribution in [0.25, 0.3) is 20.9 Å². The highest BCUT2D eigenvalue weighted by Crippen LogP contribution is 2.30. The number of anilines is 2. The SMILES string of the molecule is CNc1cccc(C(=O)Nc2cccc(-c3nc4ncccc4s3)c2)c1. The zero-order chi connectivity index (χ0) is 17.9. The number of aromatic nitrogens is 2. The third kappa shape index (κ3) is 3.27. The first kappa shape index (κ1) is 16.2. The molecule has 2 N–H and O–H groups in total. The summed E-state index contributed by atoms with van der Waals surface area (Å²) in [4.78, 5) is 21.4. The Balaban J connectivity index is 1.60. The molecule has 0 radical (unpaired) electrons. The molecule has 0 fully saturated rings. The molecular formula is C20H16N4OS. The Hall–Kier alpha value is -3.25. The second-order valence-electron chi connectivity index (χ2n) is 5.71. The van der Waals surface area contributed by atoms with Gasteiger partial charge in [0.15, 0.2) is 5.65 Å². The lowest BCUT2D eigenvalue weighted by atomic mass is 10.1. The van der Waals surface area contributed by atoms with Crippen LogP contribution in [0.4, 0.5) is 11.4 Å². The van der Waals surface area contributed by atoms with E-state index in [9.17, 15) is 4.79 Å². The highest BCUT2D eigenvalue weighted by molar-refractivity contribution is 7.21. The third-order valence-electron chi connectivity index (χ3n) is 3.95. The van der Waals surface area contributed by atoms with Gasteiger partial charge in [-0.1, -0.05) is 18.2 Å². The summed E-state index contributed by atoms with van der Waals surface area (Å²) in [6.07, 6.45) is 1.74. The van der Waals surface area contributed by atoms with Crippen LogP contribution in [0.1, 0.15) is 10.4 Å². The number of carbonyl (C=O) groups is 1. The van der Waals surface area contributed by atoms with Gasteiger partial charge < -0.3 is 10.6 Å². The largest absolute Gasteiger partial charge is 0.388 e. The molecule has 5 nitrogen and oxygen atoms in total. The molecule has 128 valence electrons. The zero-order valence-electron chi connectivity index (χ0n) is 14.1. The predicted molar refractivity (Wildman–Crippen MR) is 107 cm³/mol. The number of rotatable bonds is 4. The van der Waals surface area contributed by atoms with Gasteiger partial charge in [0, 0.05) is 35.7 Å². The van der Waals surface area contributed by atoms with Crippen molar-refractivity contribution >= 4 is 39.0 Å². The van der Waals surface area contributed by atoms with E-state index in [4.69, 9.17) is 0 Å². The van der Waals surface area contributed by atoms with E-state index in [2.05, 4.69) is 20.6 Å². The molecule has 2 aromatic heterocycles. The fourth-order valence-electron chi connectivity index (χ4n) is 2.64. The van der Waals surface area contributed by atoms with Gasteiger partial charge in [0.05, 0.1) is 4.70 Å². The zero-order valence-corrected chi connectivity index (χ0v) is 14.9. The quantitative estimate of drug-likeness (QED) is 0.556. The molecule has 0 spiro atoms. The maximum Gasteiger partial charge on any atom is 0.255 e. The molecular weight excluding hydrogens is 344 g/mol. The van der Waals surface area contributed by atoms with E-state index in [1.165, 1.54) is 0 Å². The number of amides is 1. The lowest BCUT2D eigenvalue weighted by Gasteiger charge is -2.08. The van der Waals surface area contributed by atoms with Crippen LogP contribution >= 0.6 is 11.3 Å². The monoisotopic (exact) mass is 360 g/mol. The Morgan fingerprint density at radius 1 is 1.00 bits per heavy atom. The highest BCUT2D eigenvalue weighted by atomic mass is 32.1. The number of thiazole rings is 1. The Labute approximate surface area is 154 Å². The molecule has 0 aliphatic carbocycles. The predicted octanol–water partition coefficient (Wildman–Crippen LogP) is 4.65. The lowest BCUT2D eigenvalue weighted by molar-refractivity contribution is 0.102. The number of nitrogens with one attached hydrogen (secondary N) is 2. The maximum atomic E-state index is 12.5. The number of hydrogen-bond acceptors (Lipinski definition) is 5. The van der Waals surface area contributed by atoms with Crippen molar-refractivity contribution in [1.82, 2.24) is 9.97 Å². The van der Waals surface area contributed by atoms with E-state index in [1.807, 2.05) is 61.6 Å².